The Morgan fingerprint density at radius 3 is 2.45 bits per heavy atom. The van der Waals surface area contributed by atoms with Gasteiger partial charge in [-0.2, -0.15) is 0 Å². The van der Waals surface area contributed by atoms with Gasteiger partial charge in [0, 0.05) is 44.8 Å². The van der Waals surface area contributed by atoms with E-state index in [9.17, 15) is 0 Å². The Hall–Kier alpha value is -1.10. The highest BCUT2D eigenvalue weighted by molar-refractivity contribution is 5.33. The SMILES string of the molecule is COc1ccccc1CN1CCN(CC2[C@H]3CNC[C@@H]23)CC1. The van der Waals surface area contributed by atoms with Crippen LogP contribution in [0.25, 0.3) is 0 Å². The van der Waals surface area contributed by atoms with Crippen LogP contribution in [0, 0.1) is 17.8 Å². The van der Waals surface area contributed by atoms with Gasteiger partial charge < -0.3 is 15.0 Å². The molecule has 2 saturated heterocycles. The Morgan fingerprint density at radius 1 is 1.05 bits per heavy atom. The molecule has 2 aliphatic heterocycles. The molecule has 1 aromatic carbocycles. The molecular formula is C18H27N3O. The van der Waals surface area contributed by atoms with Crippen molar-refractivity contribution < 1.29 is 4.74 Å². The van der Waals surface area contributed by atoms with Gasteiger partial charge in [0.25, 0.3) is 0 Å². The lowest BCUT2D eigenvalue weighted by Crippen LogP contribution is -2.46. The number of benzene rings is 1. The zero-order valence-electron chi connectivity index (χ0n) is 13.5. The minimum atomic E-state index is 0.988. The summed E-state index contributed by atoms with van der Waals surface area (Å²) in [7, 11) is 1.76. The summed E-state index contributed by atoms with van der Waals surface area (Å²) in [6.07, 6.45) is 0. The Kier molecular flexibility index (Phi) is 4.07. The lowest BCUT2D eigenvalue weighted by Gasteiger charge is -2.35. The predicted octanol–water partition coefficient (Wildman–Crippen LogP) is 1.28. The summed E-state index contributed by atoms with van der Waals surface area (Å²) in [5.41, 5.74) is 1.31. The van der Waals surface area contributed by atoms with Crippen molar-refractivity contribution in [1.29, 1.82) is 0 Å². The summed E-state index contributed by atoms with van der Waals surface area (Å²) in [5.74, 6) is 3.99. The monoisotopic (exact) mass is 301 g/mol. The number of rotatable bonds is 5. The third-order valence-electron chi connectivity index (χ3n) is 5.79. The number of piperazine rings is 1. The van der Waals surface area contributed by atoms with E-state index in [0.717, 1.165) is 30.0 Å². The van der Waals surface area contributed by atoms with E-state index < -0.39 is 0 Å². The number of nitrogens with one attached hydrogen (secondary N) is 1. The number of para-hydroxylation sites is 1. The van der Waals surface area contributed by atoms with Crippen LogP contribution >= 0.6 is 0 Å². The molecule has 1 aliphatic carbocycles. The Bertz CT molecular complexity index is 503. The van der Waals surface area contributed by atoms with Gasteiger partial charge in [-0.1, -0.05) is 18.2 Å². The maximum Gasteiger partial charge on any atom is 0.123 e. The van der Waals surface area contributed by atoms with Crippen LogP contribution in [0.1, 0.15) is 5.56 Å². The maximum absolute atomic E-state index is 5.47. The summed E-state index contributed by atoms with van der Waals surface area (Å²) >= 11 is 0. The van der Waals surface area contributed by atoms with Crippen molar-refractivity contribution in [2.45, 2.75) is 6.54 Å². The molecule has 3 fully saturated rings. The van der Waals surface area contributed by atoms with E-state index in [0.29, 0.717) is 0 Å². The van der Waals surface area contributed by atoms with Crippen LogP contribution in [-0.2, 0) is 6.54 Å². The fourth-order valence-electron chi connectivity index (χ4n) is 4.32. The van der Waals surface area contributed by atoms with Crippen LogP contribution in [-0.4, -0.2) is 62.7 Å². The second-order valence-corrected chi connectivity index (χ2v) is 7.04. The third kappa shape index (κ3) is 2.87. The smallest absolute Gasteiger partial charge is 0.123 e. The van der Waals surface area contributed by atoms with Crippen LogP contribution in [0.15, 0.2) is 24.3 Å². The molecule has 1 unspecified atom stereocenters. The maximum atomic E-state index is 5.47. The number of fused-ring (bicyclic) bond motifs is 1. The fourth-order valence-corrected chi connectivity index (χ4v) is 4.32. The van der Waals surface area contributed by atoms with Gasteiger partial charge in [-0.15, -0.1) is 0 Å². The van der Waals surface area contributed by atoms with E-state index >= 15 is 0 Å². The Balaban J connectivity index is 1.25. The van der Waals surface area contributed by atoms with Gasteiger partial charge in [0.15, 0.2) is 0 Å². The highest BCUT2D eigenvalue weighted by atomic mass is 16.5. The number of piperidine rings is 1. The molecule has 22 heavy (non-hydrogen) atoms. The Morgan fingerprint density at radius 2 is 1.73 bits per heavy atom. The first-order chi connectivity index (χ1) is 10.8. The molecule has 3 aliphatic rings. The average molecular weight is 301 g/mol. The molecule has 3 atom stereocenters. The molecule has 120 valence electrons. The van der Waals surface area contributed by atoms with Crippen molar-refractivity contribution in [3.05, 3.63) is 29.8 Å². The minimum Gasteiger partial charge on any atom is -0.496 e. The fraction of sp³-hybridized carbons (Fsp3) is 0.667. The molecule has 1 saturated carbocycles. The predicted molar refractivity (Wildman–Crippen MR) is 88.1 cm³/mol. The van der Waals surface area contributed by atoms with Crippen molar-refractivity contribution in [1.82, 2.24) is 15.1 Å². The van der Waals surface area contributed by atoms with E-state index in [-0.39, 0.29) is 0 Å². The molecule has 0 amide bonds. The quantitative estimate of drug-likeness (QED) is 0.887. The zero-order valence-corrected chi connectivity index (χ0v) is 13.5. The van der Waals surface area contributed by atoms with Crippen molar-refractivity contribution in [2.75, 3.05) is 52.9 Å². The lowest BCUT2D eigenvalue weighted by atomic mass is 10.1. The number of hydrogen-bond acceptors (Lipinski definition) is 4. The standard InChI is InChI=1S/C18H27N3O/c1-22-18-5-3-2-4-14(18)12-20-6-8-21(9-7-20)13-17-15-10-19-11-16(15)17/h2-5,15-17,19H,6-13H2,1H3/t15-,16+,17?. The molecule has 0 radical (unpaired) electrons. The van der Waals surface area contributed by atoms with Crippen LogP contribution in [0.5, 0.6) is 5.75 Å². The topological polar surface area (TPSA) is 27.7 Å². The summed E-state index contributed by atoms with van der Waals surface area (Å²) in [6, 6.07) is 8.39. The zero-order chi connectivity index (χ0) is 14.9. The highest BCUT2D eigenvalue weighted by Crippen LogP contribution is 2.48. The van der Waals surface area contributed by atoms with Crippen LogP contribution in [0.2, 0.25) is 0 Å². The van der Waals surface area contributed by atoms with Gasteiger partial charge in [0.05, 0.1) is 7.11 Å². The van der Waals surface area contributed by atoms with Crippen LogP contribution in [0.3, 0.4) is 0 Å². The van der Waals surface area contributed by atoms with Gasteiger partial charge in [-0.05, 0) is 36.9 Å². The first-order valence-electron chi connectivity index (χ1n) is 8.62. The number of ether oxygens (including phenoxy) is 1. The molecule has 4 heteroatoms. The van der Waals surface area contributed by atoms with Crippen molar-refractivity contribution in [3.63, 3.8) is 0 Å². The second kappa shape index (κ2) is 6.19. The van der Waals surface area contributed by atoms with Gasteiger partial charge in [-0.3, -0.25) is 4.90 Å². The van der Waals surface area contributed by atoms with E-state index in [1.54, 1.807) is 7.11 Å². The van der Waals surface area contributed by atoms with E-state index in [2.05, 4.69) is 33.3 Å². The first kappa shape index (κ1) is 14.5. The molecule has 0 bridgehead atoms. The van der Waals surface area contributed by atoms with Gasteiger partial charge in [0.2, 0.25) is 0 Å². The minimum absolute atomic E-state index is 0.988. The Labute approximate surface area is 133 Å². The van der Waals surface area contributed by atoms with E-state index in [4.69, 9.17) is 4.74 Å². The number of methoxy groups -OCH3 is 1. The van der Waals surface area contributed by atoms with Gasteiger partial charge >= 0.3 is 0 Å². The molecule has 1 aromatic rings. The molecule has 0 spiro atoms. The normalized spacial score (nSPS) is 32.0. The van der Waals surface area contributed by atoms with Gasteiger partial charge in [-0.25, -0.2) is 0 Å². The van der Waals surface area contributed by atoms with Crippen molar-refractivity contribution in [3.8, 4) is 5.75 Å². The molecule has 4 nitrogen and oxygen atoms in total. The third-order valence-corrected chi connectivity index (χ3v) is 5.79. The van der Waals surface area contributed by atoms with E-state index in [1.165, 1.54) is 51.4 Å². The molecular weight excluding hydrogens is 274 g/mol. The summed E-state index contributed by atoms with van der Waals surface area (Å²) in [6.45, 7) is 9.68. The summed E-state index contributed by atoms with van der Waals surface area (Å²) in [5, 5.41) is 3.50. The second-order valence-electron chi connectivity index (χ2n) is 7.04. The average Bonchev–Trinajstić information content (AvgIpc) is 2.97. The lowest BCUT2D eigenvalue weighted by molar-refractivity contribution is 0.119. The molecule has 1 N–H and O–H groups in total. The summed E-state index contributed by atoms with van der Waals surface area (Å²) in [4.78, 5) is 5.24. The van der Waals surface area contributed by atoms with E-state index in [1.807, 2.05) is 6.07 Å². The van der Waals surface area contributed by atoms with Crippen molar-refractivity contribution >= 4 is 0 Å². The molecule has 4 rings (SSSR count). The highest BCUT2D eigenvalue weighted by Gasteiger charge is 2.52. The number of hydrogen-bond donors (Lipinski definition) is 1. The van der Waals surface area contributed by atoms with Crippen LogP contribution in [0.4, 0.5) is 0 Å². The number of nitrogens with zero attached hydrogens (tertiary/aromatic N) is 2. The van der Waals surface area contributed by atoms with Crippen LogP contribution < -0.4 is 10.1 Å². The molecule has 0 aromatic heterocycles. The largest absolute Gasteiger partial charge is 0.496 e. The van der Waals surface area contributed by atoms with Gasteiger partial charge in [0.1, 0.15) is 5.75 Å². The summed E-state index contributed by atoms with van der Waals surface area (Å²) < 4.78 is 5.47. The first-order valence-corrected chi connectivity index (χ1v) is 8.62. The molecule has 2 heterocycles. The van der Waals surface area contributed by atoms with Crippen molar-refractivity contribution in [2.24, 2.45) is 17.8 Å².